The predicted molar refractivity (Wildman–Crippen MR) is 89.4 cm³/mol. The summed E-state index contributed by atoms with van der Waals surface area (Å²) in [5, 5.41) is 0. The van der Waals surface area contributed by atoms with E-state index in [0.29, 0.717) is 18.0 Å². The molecule has 1 aliphatic heterocycles. The Morgan fingerprint density at radius 3 is 2.55 bits per heavy atom. The van der Waals surface area contributed by atoms with Crippen molar-refractivity contribution in [3.8, 4) is 11.5 Å². The molecule has 0 aliphatic carbocycles. The molecule has 22 heavy (non-hydrogen) atoms. The van der Waals surface area contributed by atoms with Crippen molar-refractivity contribution in [2.75, 3.05) is 7.05 Å². The number of fused-ring (bicyclic) bond motifs is 1. The summed E-state index contributed by atoms with van der Waals surface area (Å²) in [5.74, 6) is 1.22. The normalized spacial score (nSPS) is 19.8. The Bertz CT molecular complexity index is 688. The van der Waals surface area contributed by atoms with Crippen LogP contribution in [0.1, 0.15) is 11.8 Å². The van der Waals surface area contributed by atoms with E-state index in [1.807, 2.05) is 43.3 Å². The first-order chi connectivity index (χ1) is 10.5. The maximum atomic E-state index is 12.6. The molecule has 1 aromatic heterocycles. The highest BCUT2D eigenvalue weighted by Crippen LogP contribution is 2.34. The number of nitrogens with zero attached hydrogens (tertiary/aromatic N) is 1. The summed E-state index contributed by atoms with van der Waals surface area (Å²) in [4.78, 5) is 15.4. The third kappa shape index (κ3) is 3.13. The van der Waals surface area contributed by atoms with Crippen molar-refractivity contribution in [1.82, 2.24) is 4.90 Å². The van der Waals surface area contributed by atoms with Crippen molar-refractivity contribution < 1.29 is 14.3 Å². The Hall–Kier alpha value is -1.53. The van der Waals surface area contributed by atoms with Crippen molar-refractivity contribution in [3.05, 3.63) is 45.1 Å². The summed E-state index contributed by atoms with van der Waals surface area (Å²) in [6.45, 7) is 2.41. The van der Waals surface area contributed by atoms with Crippen molar-refractivity contribution >= 4 is 33.2 Å². The molecule has 0 bridgehead atoms. The van der Waals surface area contributed by atoms with Gasteiger partial charge in [-0.25, -0.2) is 0 Å². The highest BCUT2D eigenvalue weighted by atomic mass is 79.9. The van der Waals surface area contributed by atoms with E-state index < -0.39 is 6.10 Å². The second-order valence-corrected chi connectivity index (χ2v) is 7.76. The van der Waals surface area contributed by atoms with Gasteiger partial charge >= 0.3 is 0 Å². The number of ether oxygens (including phenoxy) is 2. The Kier molecular flexibility index (Phi) is 4.40. The summed E-state index contributed by atoms with van der Waals surface area (Å²) in [7, 11) is 1.78. The minimum Gasteiger partial charge on any atom is -0.482 e. The lowest BCUT2D eigenvalue weighted by atomic mass is 10.1. The van der Waals surface area contributed by atoms with Gasteiger partial charge in [0.05, 0.1) is 10.3 Å². The SMILES string of the molecule is C[C@H]1Oc2ccccc2O[C@@H]1C(=O)N(C)Cc1ccc(Br)s1. The fourth-order valence-corrected chi connectivity index (χ4v) is 3.89. The quantitative estimate of drug-likeness (QED) is 0.813. The second-order valence-electron chi connectivity index (χ2n) is 5.21. The maximum Gasteiger partial charge on any atom is 0.267 e. The Balaban J connectivity index is 1.72. The zero-order valence-corrected chi connectivity index (χ0v) is 14.7. The van der Waals surface area contributed by atoms with Gasteiger partial charge in [-0.3, -0.25) is 4.79 Å². The minimum absolute atomic E-state index is 0.0773. The van der Waals surface area contributed by atoms with Crippen LogP contribution in [-0.2, 0) is 11.3 Å². The first kappa shape index (κ1) is 15.4. The average Bonchev–Trinajstić information content (AvgIpc) is 2.91. The summed E-state index contributed by atoms with van der Waals surface area (Å²) in [5.41, 5.74) is 0. The maximum absolute atomic E-state index is 12.6. The van der Waals surface area contributed by atoms with E-state index >= 15 is 0 Å². The number of rotatable bonds is 3. The van der Waals surface area contributed by atoms with E-state index in [4.69, 9.17) is 9.47 Å². The van der Waals surface area contributed by atoms with E-state index in [0.717, 1.165) is 8.66 Å². The molecule has 0 fully saturated rings. The van der Waals surface area contributed by atoms with Crippen LogP contribution in [0, 0.1) is 0 Å². The molecule has 0 radical (unpaired) electrons. The number of hydrogen-bond acceptors (Lipinski definition) is 4. The molecule has 6 heteroatoms. The molecule has 2 heterocycles. The molecule has 0 spiro atoms. The molecule has 0 unspecified atom stereocenters. The summed E-state index contributed by atoms with van der Waals surface area (Å²) in [6.07, 6.45) is -0.941. The molecule has 2 aromatic rings. The van der Waals surface area contributed by atoms with E-state index in [9.17, 15) is 4.79 Å². The number of amides is 1. The molecule has 0 saturated carbocycles. The highest BCUT2D eigenvalue weighted by Gasteiger charge is 2.35. The lowest BCUT2D eigenvalue weighted by Gasteiger charge is -2.33. The smallest absolute Gasteiger partial charge is 0.267 e. The number of thiophene rings is 1. The van der Waals surface area contributed by atoms with Crippen LogP contribution in [0.3, 0.4) is 0 Å². The van der Waals surface area contributed by atoms with Crippen LogP contribution in [0.5, 0.6) is 11.5 Å². The molecule has 3 rings (SSSR count). The fourth-order valence-electron chi connectivity index (χ4n) is 2.36. The summed E-state index contributed by atoms with van der Waals surface area (Å²) < 4.78 is 12.7. The minimum atomic E-state index is -0.622. The first-order valence-corrected chi connectivity index (χ1v) is 8.57. The van der Waals surface area contributed by atoms with E-state index in [1.54, 1.807) is 23.3 Å². The van der Waals surface area contributed by atoms with Gasteiger partial charge in [-0.2, -0.15) is 0 Å². The molecule has 2 atom stereocenters. The molecule has 1 amide bonds. The third-order valence-corrected chi connectivity index (χ3v) is 5.09. The Morgan fingerprint density at radius 1 is 1.23 bits per heavy atom. The van der Waals surface area contributed by atoms with Gasteiger partial charge in [-0.15, -0.1) is 11.3 Å². The van der Waals surface area contributed by atoms with Crippen molar-refractivity contribution in [3.63, 3.8) is 0 Å². The molecule has 0 N–H and O–H groups in total. The van der Waals surface area contributed by atoms with Gasteiger partial charge < -0.3 is 14.4 Å². The number of likely N-dealkylation sites (N-methyl/N-ethyl adjacent to an activating group) is 1. The number of halogens is 1. The number of carbonyl (C=O) groups is 1. The van der Waals surface area contributed by atoms with E-state index in [2.05, 4.69) is 15.9 Å². The molecule has 1 aromatic carbocycles. The zero-order chi connectivity index (χ0) is 15.7. The summed E-state index contributed by atoms with van der Waals surface area (Å²) >= 11 is 5.05. The van der Waals surface area contributed by atoms with Crippen LogP contribution in [0.2, 0.25) is 0 Å². The Labute approximate surface area is 141 Å². The molecular weight excluding hydrogens is 366 g/mol. The number of para-hydroxylation sites is 2. The van der Waals surface area contributed by atoms with Crippen LogP contribution < -0.4 is 9.47 Å². The third-order valence-electron chi connectivity index (χ3n) is 3.48. The average molecular weight is 382 g/mol. The Morgan fingerprint density at radius 2 is 1.91 bits per heavy atom. The predicted octanol–water partition coefficient (Wildman–Crippen LogP) is 3.70. The van der Waals surface area contributed by atoms with Crippen LogP contribution in [0.15, 0.2) is 40.2 Å². The lowest BCUT2D eigenvalue weighted by Crippen LogP contribution is -2.49. The number of benzene rings is 1. The zero-order valence-electron chi connectivity index (χ0n) is 12.3. The van der Waals surface area contributed by atoms with Crippen molar-refractivity contribution in [1.29, 1.82) is 0 Å². The van der Waals surface area contributed by atoms with Crippen LogP contribution in [0.4, 0.5) is 0 Å². The molecule has 116 valence electrons. The first-order valence-electron chi connectivity index (χ1n) is 6.96. The van der Waals surface area contributed by atoms with Gasteiger partial charge in [-0.1, -0.05) is 12.1 Å². The largest absolute Gasteiger partial charge is 0.482 e. The monoisotopic (exact) mass is 381 g/mol. The lowest BCUT2D eigenvalue weighted by molar-refractivity contribution is -0.143. The second kappa shape index (κ2) is 6.30. The van der Waals surface area contributed by atoms with Crippen molar-refractivity contribution in [2.45, 2.75) is 25.7 Å². The van der Waals surface area contributed by atoms with Crippen molar-refractivity contribution in [2.24, 2.45) is 0 Å². The van der Waals surface area contributed by atoms with Crippen LogP contribution >= 0.6 is 27.3 Å². The molecule has 1 aliphatic rings. The van der Waals surface area contributed by atoms with Gasteiger partial charge in [-0.05, 0) is 47.1 Å². The molecule has 0 saturated heterocycles. The summed E-state index contributed by atoms with van der Waals surface area (Å²) in [6, 6.07) is 11.4. The highest BCUT2D eigenvalue weighted by molar-refractivity contribution is 9.11. The van der Waals surface area contributed by atoms with Gasteiger partial charge in [0.15, 0.2) is 11.5 Å². The number of carbonyl (C=O) groups excluding carboxylic acids is 1. The molecular formula is C16H16BrNO3S. The van der Waals surface area contributed by atoms with Crippen LogP contribution in [-0.4, -0.2) is 30.1 Å². The van der Waals surface area contributed by atoms with Gasteiger partial charge in [0, 0.05) is 11.9 Å². The van der Waals surface area contributed by atoms with E-state index in [-0.39, 0.29) is 12.0 Å². The van der Waals surface area contributed by atoms with E-state index in [1.165, 1.54) is 0 Å². The standard InChI is InChI=1S/C16H16BrNO3S/c1-10-15(21-13-6-4-3-5-12(13)20-10)16(19)18(2)9-11-7-8-14(17)22-11/h3-8,10,15H,9H2,1-2H3/t10-,15+/m1/s1. The molecule has 4 nitrogen and oxygen atoms in total. The van der Waals surface area contributed by atoms with Gasteiger partial charge in [0.25, 0.3) is 5.91 Å². The number of hydrogen-bond donors (Lipinski definition) is 0. The van der Waals surface area contributed by atoms with Gasteiger partial charge in [0.1, 0.15) is 6.10 Å². The fraction of sp³-hybridized carbons (Fsp3) is 0.312. The van der Waals surface area contributed by atoms with Crippen LogP contribution in [0.25, 0.3) is 0 Å². The topological polar surface area (TPSA) is 38.8 Å². The van der Waals surface area contributed by atoms with Gasteiger partial charge in [0.2, 0.25) is 6.10 Å².